The molecular weight excluding hydrogens is 981 g/mol. The number of aliphatic hydroxyl groups excluding tert-OH is 1. The number of aliphatic hydroxyl groups is 1. The molecule has 0 amide bonds. The molecule has 0 unspecified atom stereocenters. The number of ether oxygens (including phenoxy) is 4. The highest BCUT2D eigenvalue weighted by atomic mass is 16.5. The van der Waals surface area contributed by atoms with Gasteiger partial charge in [0.1, 0.15) is 40.2 Å². The molecule has 0 saturated heterocycles. The van der Waals surface area contributed by atoms with Crippen LogP contribution in [-0.2, 0) is 0 Å². The molecule has 0 spiro atoms. The van der Waals surface area contributed by atoms with Crippen molar-refractivity contribution < 1.29 is 52.8 Å². The van der Waals surface area contributed by atoms with Gasteiger partial charge in [0.25, 0.3) is 0 Å². The monoisotopic (exact) mass is 1030 g/mol. The fraction of sp³-hybridized carbons (Fsp3) is 0.0448. The number of ketones is 6. The van der Waals surface area contributed by atoms with Crippen molar-refractivity contribution in [3.63, 3.8) is 0 Å². The highest BCUT2D eigenvalue weighted by molar-refractivity contribution is 6.13. The molecule has 0 saturated carbocycles. The lowest BCUT2D eigenvalue weighted by Gasteiger charge is -2.11. The van der Waals surface area contributed by atoms with Gasteiger partial charge >= 0.3 is 0 Å². The first-order valence-corrected chi connectivity index (χ1v) is 24.8. The van der Waals surface area contributed by atoms with Crippen LogP contribution in [0.5, 0.6) is 40.2 Å². The minimum absolute atomic E-state index is 0.0962. The lowest BCUT2D eigenvalue weighted by molar-refractivity contribution is 0.102. The van der Waals surface area contributed by atoms with Gasteiger partial charge in [-0.1, -0.05) is 54.6 Å². The van der Waals surface area contributed by atoms with Crippen LogP contribution < -0.4 is 18.9 Å². The molecule has 11 nitrogen and oxygen atoms in total. The van der Waals surface area contributed by atoms with Gasteiger partial charge in [0, 0.05) is 73.2 Å². The Kier molecular flexibility index (Phi) is 15.0. The van der Waals surface area contributed by atoms with Gasteiger partial charge < -0.3 is 24.1 Å². The zero-order chi connectivity index (χ0) is 54.1. The van der Waals surface area contributed by atoms with Crippen LogP contribution in [0.1, 0.15) is 103 Å². The van der Waals surface area contributed by atoms with E-state index in [1.54, 1.807) is 238 Å². The van der Waals surface area contributed by atoms with E-state index in [4.69, 9.17) is 18.9 Å². The van der Waals surface area contributed by atoms with Gasteiger partial charge in [-0.15, -0.1) is 0 Å². The van der Waals surface area contributed by atoms with Crippen LogP contribution in [0.25, 0.3) is 0 Å². The molecule has 0 aliphatic heterocycles. The quantitative estimate of drug-likeness (QED) is 0.0768. The highest BCUT2D eigenvalue weighted by Crippen LogP contribution is 2.29. The lowest BCUT2D eigenvalue weighted by Crippen LogP contribution is -2.06. The van der Waals surface area contributed by atoms with E-state index in [9.17, 15) is 33.9 Å². The van der Waals surface area contributed by atoms with Gasteiger partial charge in [0.05, 0.1) is 12.9 Å². The van der Waals surface area contributed by atoms with Crippen molar-refractivity contribution in [3.05, 3.63) is 303 Å². The van der Waals surface area contributed by atoms with E-state index in [-0.39, 0.29) is 40.5 Å². The third-order valence-electron chi connectivity index (χ3n) is 13.0. The number of Topliss-reactive ketones (excluding diaryl/α,β-unsaturated/α-hetero) is 1. The second-order valence-electron chi connectivity index (χ2n) is 18.2. The Morgan fingerprint density at radius 1 is 0.269 bits per heavy atom. The summed E-state index contributed by atoms with van der Waals surface area (Å²) in [6.45, 7) is 0. The highest BCUT2D eigenvalue weighted by Gasteiger charge is 2.18. The summed E-state index contributed by atoms with van der Waals surface area (Å²) in [7, 11) is 1.56. The summed E-state index contributed by atoms with van der Waals surface area (Å²) in [5, 5.41) is 9.59. The molecule has 0 fully saturated rings. The van der Waals surface area contributed by atoms with Crippen LogP contribution in [0.3, 0.4) is 0 Å². The second kappa shape index (κ2) is 22.9. The Bertz CT molecular complexity index is 3760. The van der Waals surface area contributed by atoms with E-state index in [1.807, 2.05) is 0 Å². The maximum absolute atomic E-state index is 13.4. The van der Waals surface area contributed by atoms with E-state index in [2.05, 4.69) is 0 Å². The molecule has 0 atom stereocenters. The van der Waals surface area contributed by atoms with Crippen molar-refractivity contribution in [1.29, 1.82) is 0 Å². The van der Waals surface area contributed by atoms with Gasteiger partial charge in [-0.2, -0.15) is 0 Å². The molecule has 1 aliphatic rings. The van der Waals surface area contributed by atoms with Gasteiger partial charge in [-0.25, -0.2) is 0 Å². The van der Waals surface area contributed by atoms with Crippen LogP contribution in [0, 0.1) is 0 Å². The predicted octanol–water partition coefficient (Wildman–Crippen LogP) is 14.6. The van der Waals surface area contributed by atoms with E-state index < -0.39 is 0 Å². The fourth-order valence-electron chi connectivity index (χ4n) is 8.58. The number of hydrogen-bond acceptors (Lipinski definition) is 11. The molecule has 0 radical (unpaired) electrons. The zero-order valence-electron chi connectivity index (χ0n) is 41.9. The van der Waals surface area contributed by atoms with Gasteiger partial charge in [0.2, 0.25) is 0 Å². The minimum atomic E-state index is -0.227. The number of rotatable bonds is 19. The molecule has 380 valence electrons. The Morgan fingerprint density at radius 3 is 0.654 bits per heavy atom. The molecule has 9 aromatic carbocycles. The number of methoxy groups -OCH3 is 1. The van der Waals surface area contributed by atoms with Crippen LogP contribution in [0.2, 0.25) is 0 Å². The molecule has 1 N–H and O–H groups in total. The summed E-state index contributed by atoms with van der Waals surface area (Å²) in [5.74, 6) is 2.85. The molecule has 1 aliphatic carbocycles. The minimum Gasteiger partial charge on any atom is -0.512 e. The van der Waals surface area contributed by atoms with Crippen molar-refractivity contribution in [1.82, 2.24) is 0 Å². The first-order valence-electron chi connectivity index (χ1n) is 24.8. The van der Waals surface area contributed by atoms with Crippen LogP contribution in [0.4, 0.5) is 0 Å². The molecule has 10 rings (SSSR count). The molecular formula is C67H46O11. The summed E-state index contributed by atoms with van der Waals surface area (Å²) < 4.78 is 23.1. The van der Waals surface area contributed by atoms with Crippen molar-refractivity contribution in [2.24, 2.45) is 0 Å². The van der Waals surface area contributed by atoms with Gasteiger partial charge in [-0.3, -0.25) is 28.8 Å². The molecule has 11 heteroatoms. The van der Waals surface area contributed by atoms with Crippen LogP contribution >= 0.6 is 0 Å². The van der Waals surface area contributed by atoms with Crippen LogP contribution in [-0.4, -0.2) is 46.9 Å². The maximum Gasteiger partial charge on any atom is 0.193 e. The van der Waals surface area contributed by atoms with Gasteiger partial charge in [0.15, 0.2) is 34.7 Å². The van der Waals surface area contributed by atoms with Crippen molar-refractivity contribution in [2.45, 2.75) is 12.8 Å². The number of hydrogen-bond donors (Lipinski definition) is 1. The summed E-state index contributed by atoms with van der Waals surface area (Å²) in [4.78, 5) is 79.1. The maximum atomic E-state index is 13.4. The molecule has 78 heavy (non-hydrogen) atoms. The Labute approximate surface area is 448 Å². The van der Waals surface area contributed by atoms with E-state index >= 15 is 0 Å². The lowest BCUT2D eigenvalue weighted by atomic mass is 9.95. The Hall–Kier alpha value is -10.5. The number of carbonyl (C=O) groups excluding carboxylic acids is 6. The zero-order valence-corrected chi connectivity index (χ0v) is 41.9. The second-order valence-corrected chi connectivity index (χ2v) is 18.2. The van der Waals surface area contributed by atoms with Crippen LogP contribution in [0.15, 0.2) is 242 Å². The summed E-state index contributed by atoms with van der Waals surface area (Å²) in [5.41, 5.74) is 5.65. The van der Waals surface area contributed by atoms with Gasteiger partial charge in [-0.05, 0) is 182 Å². The first-order chi connectivity index (χ1) is 37.9. The van der Waals surface area contributed by atoms with E-state index in [0.717, 1.165) is 0 Å². The molecule has 0 heterocycles. The molecule has 0 bridgehead atoms. The average molecular weight is 1030 g/mol. The molecule has 0 aromatic heterocycles. The largest absolute Gasteiger partial charge is 0.512 e. The smallest absolute Gasteiger partial charge is 0.193 e. The van der Waals surface area contributed by atoms with Crippen molar-refractivity contribution >= 4 is 34.7 Å². The summed E-state index contributed by atoms with van der Waals surface area (Å²) >= 11 is 0. The normalized spacial score (nSPS) is 11.8. The fourth-order valence-corrected chi connectivity index (χ4v) is 8.58. The number of benzene rings is 9. The first kappa shape index (κ1) is 51.0. The van der Waals surface area contributed by atoms with E-state index in [0.29, 0.717) is 120 Å². The predicted molar refractivity (Wildman–Crippen MR) is 294 cm³/mol. The standard InChI is InChI=1S/C67H46O11/c1-75-55-28-12-47(13-29-55)62(69)42-2-4-43(5-3-42)63(70)48-16-32-57(33-17-48)77-60-38-22-52(23-39-60)67(74)53-24-40-61(41-25-53)78-58-34-18-50(19-35-58)65(72)45-8-6-44(7-9-45)64(71)49-14-30-56(31-15-49)76-59-36-20-51(21-37-59)66(73)46-10-26-54(68)27-11-46/h2-10,12-26,28-41,68H,11,27H2,1H3. The average Bonchev–Trinajstić information content (AvgIpc) is 3.50. The summed E-state index contributed by atoms with van der Waals surface area (Å²) in [6.07, 6.45) is 4.12. The Balaban J connectivity index is 0.676. The van der Waals surface area contributed by atoms with Crippen molar-refractivity contribution in [3.8, 4) is 40.2 Å². The van der Waals surface area contributed by atoms with Crippen molar-refractivity contribution in [2.75, 3.05) is 7.11 Å². The topological polar surface area (TPSA) is 160 Å². The Morgan fingerprint density at radius 2 is 0.462 bits per heavy atom. The SMILES string of the molecule is COc1ccc(C(=O)c2ccc(C(=O)c3ccc(Oc4ccc(C(=O)c5ccc(Oc6ccc(C(=O)c7ccc(C(=O)c8ccc(Oc9ccc(C(=O)C%10=CC=C(O)CC%10)cc9)cc8)cc7)cc6)cc5)cc4)cc3)cc2)cc1. The number of allylic oxidation sites excluding steroid dienone is 4. The van der Waals surface area contributed by atoms with E-state index in [1.165, 1.54) is 0 Å². The number of carbonyl (C=O) groups is 6. The third-order valence-corrected chi connectivity index (χ3v) is 13.0. The molecule has 9 aromatic rings. The third kappa shape index (κ3) is 11.9. The summed E-state index contributed by atoms with van der Waals surface area (Å²) in [6, 6.07) is 60.3.